The lowest BCUT2D eigenvalue weighted by Crippen LogP contribution is -2.50. The number of piperidine rings is 2. The minimum atomic E-state index is 0.112. The highest BCUT2D eigenvalue weighted by atomic mass is 16.5. The van der Waals surface area contributed by atoms with Crippen LogP contribution >= 0.6 is 0 Å². The summed E-state index contributed by atoms with van der Waals surface area (Å²) in [5.74, 6) is 0.629. The van der Waals surface area contributed by atoms with Crippen LogP contribution in [0, 0.1) is 5.92 Å². The van der Waals surface area contributed by atoms with Gasteiger partial charge in [0.1, 0.15) is 5.75 Å². The summed E-state index contributed by atoms with van der Waals surface area (Å²) in [4.78, 5) is 17.4. The van der Waals surface area contributed by atoms with Crippen molar-refractivity contribution in [2.45, 2.75) is 38.3 Å². The Morgan fingerprint density at radius 3 is 2.81 bits per heavy atom. The maximum atomic E-state index is 12.4. The minimum Gasteiger partial charge on any atom is -0.508 e. The first-order valence-electron chi connectivity index (χ1n) is 10.2. The minimum absolute atomic E-state index is 0.112. The number of carbonyl (C=O) groups excluding carboxylic acids is 1. The molecule has 3 rings (SSSR count). The van der Waals surface area contributed by atoms with Crippen molar-refractivity contribution in [1.82, 2.24) is 15.1 Å². The number of amides is 1. The third-order valence-electron chi connectivity index (χ3n) is 5.82. The third kappa shape index (κ3) is 5.92. The first-order chi connectivity index (χ1) is 13.2. The molecule has 2 aliphatic rings. The summed E-state index contributed by atoms with van der Waals surface area (Å²) >= 11 is 0. The second-order valence-electron chi connectivity index (χ2n) is 7.80. The van der Waals surface area contributed by atoms with Crippen molar-refractivity contribution in [3.8, 4) is 5.75 Å². The molecule has 2 fully saturated rings. The zero-order chi connectivity index (χ0) is 19.1. The molecule has 150 valence electrons. The van der Waals surface area contributed by atoms with Crippen LogP contribution in [0.2, 0.25) is 0 Å². The van der Waals surface area contributed by atoms with Crippen LogP contribution in [0.1, 0.15) is 31.2 Å². The number of rotatable bonds is 7. The molecule has 0 radical (unpaired) electrons. The predicted octanol–water partition coefficient (Wildman–Crippen LogP) is 1.83. The summed E-state index contributed by atoms with van der Waals surface area (Å²) in [6.07, 6.45) is 4.39. The van der Waals surface area contributed by atoms with E-state index in [2.05, 4.69) is 21.2 Å². The highest BCUT2D eigenvalue weighted by molar-refractivity contribution is 5.78. The van der Waals surface area contributed by atoms with E-state index in [1.165, 1.54) is 5.56 Å². The summed E-state index contributed by atoms with van der Waals surface area (Å²) < 4.78 is 5.01. The van der Waals surface area contributed by atoms with E-state index in [1.54, 1.807) is 13.2 Å². The number of phenolic OH excluding ortho intramolecular Hbond substituents is 1. The number of phenols is 1. The third-order valence-corrected chi connectivity index (χ3v) is 5.82. The summed E-state index contributed by atoms with van der Waals surface area (Å²) in [6.45, 7) is 6.20. The fraction of sp³-hybridized carbons (Fsp3) is 0.667. The van der Waals surface area contributed by atoms with Gasteiger partial charge in [0.15, 0.2) is 0 Å². The Balaban J connectivity index is 1.44. The maximum absolute atomic E-state index is 12.4. The van der Waals surface area contributed by atoms with E-state index in [9.17, 15) is 9.90 Å². The molecule has 0 spiro atoms. The van der Waals surface area contributed by atoms with Gasteiger partial charge < -0.3 is 15.2 Å². The Morgan fingerprint density at radius 1 is 1.26 bits per heavy atom. The van der Waals surface area contributed by atoms with E-state index in [-0.39, 0.29) is 11.8 Å². The SMILES string of the molecule is COCCNC(=O)[C@@H]1CCCN(C2CCN(Cc3cccc(O)c3)CC2)C1. The number of methoxy groups -OCH3 is 1. The number of likely N-dealkylation sites (tertiary alicyclic amines) is 2. The molecule has 1 aromatic rings. The normalized spacial score (nSPS) is 22.6. The molecule has 0 saturated carbocycles. The molecule has 2 saturated heterocycles. The van der Waals surface area contributed by atoms with E-state index in [0.717, 1.165) is 58.4 Å². The molecular weight excluding hydrogens is 342 g/mol. The van der Waals surface area contributed by atoms with Crippen molar-refractivity contribution in [1.29, 1.82) is 0 Å². The van der Waals surface area contributed by atoms with Gasteiger partial charge in [-0.25, -0.2) is 0 Å². The molecule has 0 aromatic heterocycles. The summed E-state index contributed by atoms with van der Waals surface area (Å²) in [5, 5.41) is 12.6. The lowest BCUT2D eigenvalue weighted by Gasteiger charge is -2.42. The van der Waals surface area contributed by atoms with Crippen LogP contribution in [-0.4, -0.2) is 73.3 Å². The topological polar surface area (TPSA) is 65.0 Å². The molecule has 1 aromatic carbocycles. The van der Waals surface area contributed by atoms with Crippen LogP contribution in [-0.2, 0) is 16.1 Å². The molecule has 6 nitrogen and oxygen atoms in total. The average Bonchev–Trinajstić information content (AvgIpc) is 2.69. The molecule has 0 aliphatic carbocycles. The van der Waals surface area contributed by atoms with Gasteiger partial charge in [0.05, 0.1) is 12.5 Å². The Labute approximate surface area is 162 Å². The predicted molar refractivity (Wildman–Crippen MR) is 106 cm³/mol. The van der Waals surface area contributed by atoms with Crippen molar-refractivity contribution in [2.75, 3.05) is 46.4 Å². The molecule has 0 unspecified atom stereocenters. The molecule has 0 bridgehead atoms. The quantitative estimate of drug-likeness (QED) is 0.712. The second kappa shape index (κ2) is 10.1. The van der Waals surface area contributed by atoms with Crippen molar-refractivity contribution < 1.29 is 14.6 Å². The average molecular weight is 376 g/mol. The zero-order valence-corrected chi connectivity index (χ0v) is 16.4. The Morgan fingerprint density at radius 2 is 2.07 bits per heavy atom. The smallest absolute Gasteiger partial charge is 0.224 e. The van der Waals surface area contributed by atoms with Gasteiger partial charge in [-0.2, -0.15) is 0 Å². The van der Waals surface area contributed by atoms with Crippen LogP contribution in [0.25, 0.3) is 0 Å². The van der Waals surface area contributed by atoms with Gasteiger partial charge in [-0.05, 0) is 63.0 Å². The fourth-order valence-corrected chi connectivity index (χ4v) is 4.33. The van der Waals surface area contributed by atoms with Gasteiger partial charge in [0.2, 0.25) is 5.91 Å². The number of hydrogen-bond donors (Lipinski definition) is 2. The first-order valence-corrected chi connectivity index (χ1v) is 10.2. The summed E-state index contributed by atoms with van der Waals surface area (Å²) in [7, 11) is 1.65. The number of hydrogen-bond acceptors (Lipinski definition) is 5. The monoisotopic (exact) mass is 375 g/mol. The molecule has 2 aliphatic heterocycles. The molecule has 1 atom stereocenters. The Kier molecular flexibility index (Phi) is 7.50. The van der Waals surface area contributed by atoms with Crippen LogP contribution in [0.4, 0.5) is 0 Å². The number of carbonyl (C=O) groups is 1. The van der Waals surface area contributed by atoms with Crippen LogP contribution < -0.4 is 5.32 Å². The van der Waals surface area contributed by atoms with E-state index in [1.807, 2.05) is 12.1 Å². The number of nitrogens with one attached hydrogen (secondary N) is 1. The van der Waals surface area contributed by atoms with E-state index >= 15 is 0 Å². The summed E-state index contributed by atoms with van der Waals surface area (Å²) in [5.41, 5.74) is 1.17. The van der Waals surface area contributed by atoms with Crippen molar-refractivity contribution >= 4 is 5.91 Å². The molecular formula is C21H33N3O3. The fourth-order valence-electron chi connectivity index (χ4n) is 4.33. The van der Waals surface area contributed by atoms with Gasteiger partial charge in [-0.15, -0.1) is 0 Å². The van der Waals surface area contributed by atoms with Crippen LogP contribution in [0.3, 0.4) is 0 Å². The van der Waals surface area contributed by atoms with Gasteiger partial charge in [-0.1, -0.05) is 12.1 Å². The van der Waals surface area contributed by atoms with Gasteiger partial charge >= 0.3 is 0 Å². The van der Waals surface area contributed by atoms with Gasteiger partial charge in [0, 0.05) is 32.8 Å². The van der Waals surface area contributed by atoms with Crippen LogP contribution in [0.15, 0.2) is 24.3 Å². The number of nitrogens with zero attached hydrogens (tertiary/aromatic N) is 2. The molecule has 6 heteroatoms. The van der Waals surface area contributed by atoms with Gasteiger partial charge in [-0.3, -0.25) is 14.6 Å². The van der Waals surface area contributed by atoms with E-state index < -0.39 is 0 Å². The maximum Gasteiger partial charge on any atom is 0.224 e. The Hall–Kier alpha value is -1.63. The molecule has 27 heavy (non-hydrogen) atoms. The van der Waals surface area contributed by atoms with Gasteiger partial charge in [0.25, 0.3) is 0 Å². The van der Waals surface area contributed by atoms with E-state index in [4.69, 9.17) is 4.74 Å². The van der Waals surface area contributed by atoms with Crippen LogP contribution in [0.5, 0.6) is 5.75 Å². The lowest BCUT2D eigenvalue weighted by atomic mass is 9.93. The first kappa shape index (κ1) is 20.1. The zero-order valence-electron chi connectivity index (χ0n) is 16.4. The van der Waals surface area contributed by atoms with Crippen molar-refractivity contribution in [2.24, 2.45) is 5.92 Å². The number of ether oxygens (including phenoxy) is 1. The van der Waals surface area contributed by atoms with Crippen molar-refractivity contribution in [3.05, 3.63) is 29.8 Å². The molecule has 2 heterocycles. The number of benzene rings is 1. The highest BCUT2D eigenvalue weighted by Crippen LogP contribution is 2.25. The lowest BCUT2D eigenvalue weighted by molar-refractivity contribution is -0.127. The summed E-state index contributed by atoms with van der Waals surface area (Å²) in [6, 6.07) is 8.13. The standard InChI is InChI=1S/C21H33N3O3/c1-27-13-9-22-21(26)18-5-3-10-24(16-18)19-7-11-23(12-8-19)15-17-4-2-6-20(25)14-17/h2,4,6,14,18-19,25H,3,5,7-13,15-16H2,1H3,(H,22,26)/t18-/m1/s1. The molecule has 1 amide bonds. The van der Waals surface area contributed by atoms with Crippen molar-refractivity contribution in [3.63, 3.8) is 0 Å². The largest absolute Gasteiger partial charge is 0.508 e. The Bertz CT molecular complexity index is 602. The second-order valence-corrected chi connectivity index (χ2v) is 7.80. The molecule has 2 N–H and O–H groups in total. The number of aromatic hydroxyl groups is 1. The van der Waals surface area contributed by atoms with E-state index in [0.29, 0.717) is 24.9 Å². The highest BCUT2D eigenvalue weighted by Gasteiger charge is 2.31.